The van der Waals surface area contributed by atoms with Crippen molar-refractivity contribution in [1.82, 2.24) is 15.8 Å². The number of para-hydroxylation sites is 2. The van der Waals surface area contributed by atoms with Crippen LogP contribution in [0.1, 0.15) is 6.42 Å². The first-order chi connectivity index (χ1) is 12.6. The van der Waals surface area contributed by atoms with Crippen LogP contribution in [0.3, 0.4) is 0 Å². The van der Waals surface area contributed by atoms with Crippen molar-refractivity contribution in [3.05, 3.63) is 48.5 Å². The zero-order valence-corrected chi connectivity index (χ0v) is 15.3. The van der Waals surface area contributed by atoms with E-state index in [4.69, 9.17) is 0 Å². The molecule has 2 aliphatic rings. The molecule has 0 spiro atoms. The van der Waals surface area contributed by atoms with Crippen LogP contribution in [-0.4, -0.2) is 43.0 Å². The summed E-state index contributed by atoms with van der Waals surface area (Å²) in [5.74, 6) is -0.278. The average molecular weight is 368 g/mol. The summed E-state index contributed by atoms with van der Waals surface area (Å²) in [5, 5.41) is 4.50. The lowest BCUT2D eigenvalue weighted by Crippen LogP contribution is -2.42. The smallest absolute Gasteiger partial charge is 0.258 e. The van der Waals surface area contributed by atoms with Gasteiger partial charge in [-0.2, -0.15) is 0 Å². The molecule has 1 fully saturated rings. The van der Waals surface area contributed by atoms with Gasteiger partial charge in [0.1, 0.15) is 6.04 Å². The van der Waals surface area contributed by atoms with E-state index in [0.29, 0.717) is 19.5 Å². The van der Waals surface area contributed by atoms with Gasteiger partial charge in [0.05, 0.1) is 11.4 Å². The molecule has 1 atom stereocenters. The van der Waals surface area contributed by atoms with Crippen LogP contribution in [0, 0.1) is 0 Å². The lowest BCUT2D eigenvalue weighted by atomic mass is 10.2. The number of amides is 2. The molecule has 2 amide bonds. The van der Waals surface area contributed by atoms with Gasteiger partial charge in [0, 0.05) is 36.3 Å². The van der Waals surface area contributed by atoms with E-state index in [0.717, 1.165) is 11.4 Å². The summed E-state index contributed by atoms with van der Waals surface area (Å²) in [5.41, 5.74) is 4.90. The summed E-state index contributed by atoms with van der Waals surface area (Å²) in [4.78, 5) is 28.7. The number of nitrogens with zero attached hydrogens (tertiary/aromatic N) is 2. The van der Waals surface area contributed by atoms with Crippen LogP contribution in [0.25, 0.3) is 0 Å². The molecule has 2 N–H and O–H groups in total. The number of hydrazine groups is 1. The van der Waals surface area contributed by atoms with Crippen LogP contribution >= 0.6 is 11.8 Å². The Balaban J connectivity index is 1.48. The van der Waals surface area contributed by atoms with E-state index in [1.165, 1.54) is 9.79 Å². The SMILES string of the molecule is CN1CC(NC(=O)CCN2c3ccccc3Sc3ccccc32)C(=O)N1. The van der Waals surface area contributed by atoms with Crippen molar-refractivity contribution >= 4 is 35.0 Å². The monoisotopic (exact) mass is 368 g/mol. The maximum Gasteiger partial charge on any atom is 0.258 e. The Hall–Kier alpha value is -2.51. The molecule has 0 aromatic heterocycles. The number of carbonyl (C=O) groups excluding carboxylic acids is 2. The minimum Gasteiger partial charge on any atom is -0.343 e. The topological polar surface area (TPSA) is 64.7 Å². The standard InChI is InChI=1S/C19H20N4O2S/c1-22-12-13(19(25)21-22)20-18(24)10-11-23-14-6-2-4-8-16(14)26-17-9-5-3-7-15(17)23/h2-9,13H,10-12H2,1H3,(H,20,24)(H,21,25). The van der Waals surface area contributed by atoms with Gasteiger partial charge in [-0.15, -0.1) is 0 Å². The van der Waals surface area contributed by atoms with Gasteiger partial charge in [-0.05, 0) is 24.3 Å². The fraction of sp³-hybridized carbons (Fsp3) is 0.263. The summed E-state index contributed by atoms with van der Waals surface area (Å²) < 4.78 is 0. The van der Waals surface area contributed by atoms with Crippen LogP contribution in [0.2, 0.25) is 0 Å². The Morgan fingerprint density at radius 1 is 1.15 bits per heavy atom. The maximum atomic E-state index is 12.4. The van der Waals surface area contributed by atoms with Crippen LogP contribution in [0.5, 0.6) is 0 Å². The van der Waals surface area contributed by atoms with E-state index in [2.05, 4.69) is 39.9 Å². The zero-order valence-electron chi connectivity index (χ0n) is 14.4. The molecule has 26 heavy (non-hydrogen) atoms. The van der Waals surface area contributed by atoms with E-state index in [9.17, 15) is 9.59 Å². The number of fused-ring (bicyclic) bond motifs is 2. The van der Waals surface area contributed by atoms with Crippen molar-refractivity contribution in [2.24, 2.45) is 0 Å². The van der Waals surface area contributed by atoms with Crippen LogP contribution in [-0.2, 0) is 9.59 Å². The number of rotatable bonds is 4. The van der Waals surface area contributed by atoms with Gasteiger partial charge in [0.15, 0.2) is 0 Å². The van der Waals surface area contributed by atoms with Crippen molar-refractivity contribution in [3.63, 3.8) is 0 Å². The van der Waals surface area contributed by atoms with Gasteiger partial charge in [-0.25, -0.2) is 5.01 Å². The molecular weight excluding hydrogens is 348 g/mol. The van der Waals surface area contributed by atoms with Gasteiger partial charge in [-0.1, -0.05) is 36.0 Å². The van der Waals surface area contributed by atoms with Crippen molar-refractivity contribution < 1.29 is 9.59 Å². The maximum absolute atomic E-state index is 12.4. The zero-order chi connectivity index (χ0) is 18.1. The number of nitrogens with one attached hydrogen (secondary N) is 2. The van der Waals surface area contributed by atoms with Gasteiger partial charge in [0.25, 0.3) is 5.91 Å². The number of hydrogen-bond donors (Lipinski definition) is 2. The molecule has 2 aliphatic heterocycles. The minimum absolute atomic E-state index is 0.117. The number of carbonyl (C=O) groups is 2. The number of anilines is 2. The summed E-state index contributed by atoms with van der Waals surface area (Å²) >= 11 is 1.75. The van der Waals surface area contributed by atoms with Gasteiger partial charge < -0.3 is 10.2 Å². The average Bonchev–Trinajstić information content (AvgIpc) is 2.95. The van der Waals surface area contributed by atoms with Crippen molar-refractivity contribution in [1.29, 1.82) is 0 Å². The van der Waals surface area contributed by atoms with E-state index in [1.54, 1.807) is 23.8 Å². The molecule has 2 heterocycles. The van der Waals surface area contributed by atoms with E-state index >= 15 is 0 Å². The molecule has 0 saturated carbocycles. The van der Waals surface area contributed by atoms with Crippen LogP contribution in [0.4, 0.5) is 11.4 Å². The fourth-order valence-corrected chi connectivity index (χ4v) is 4.38. The van der Waals surface area contributed by atoms with Crippen molar-refractivity contribution in [2.45, 2.75) is 22.3 Å². The normalized spacial score (nSPS) is 18.9. The van der Waals surface area contributed by atoms with Crippen LogP contribution in [0.15, 0.2) is 58.3 Å². The van der Waals surface area contributed by atoms with E-state index in [1.807, 2.05) is 24.3 Å². The number of benzene rings is 2. The summed E-state index contributed by atoms with van der Waals surface area (Å²) in [7, 11) is 1.78. The quantitative estimate of drug-likeness (QED) is 0.866. The largest absolute Gasteiger partial charge is 0.343 e. The molecule has 0 aliphatic carbocycles. The molecule has 0 radical (unpaired) electrons. The van der Waals surface area contributed by atoms with Crippen LogP contribution < -0.4 is 15.6 Å². The van der Waals surface area contributed by atoms with Gasteiger partial charge >= 0.3 is 0 Å². The summed E-state index contributed by atoms with van der Waals surface area (Å²) in [6.07, 6.45) is 0.320. The van der Waals surface area contributed by atoms with Gasteiger partial charge in [-0.3, -0.25) is 15.0 Å². The Morgan fingerprint density at radius 3 is 2.35 bits per heavy atom. The Bertz CT molecular complexity index is 811. The highest BCUT2D eigenvalue weighted by molar-refractivity contribution is 7.99. The molecule has 6 nitrogen and oxygen atoms in total. The lowest BCUT2D eigenvalue weighted by molar-refractivity contribution is -0.127. The highest BCUT2D eigenvalue weighted by atomic mass is 32.2. The molecule has 1 saturated heterocycles. The molecule has 7 heteroatoms. The third-order valence-corrected chi connectivity index (χ3v) is 5.63. The van der Waals surface area contributed by atoms with Gasteiger partial charge in [0.2, 0.25) is 5.91 Å². The first-order valence-electron chi connectivity index (χ1n) is 8.56. The summed E-state index contributed by atoms with van der Waals surface area (Å²) in [6, 6.07) is 16.0. The van der Waals surface area contributed by atoms with Crippen molar-refractivity contribution in [3.8, 4) is 0 Å². The lowest BCUT2D eigenvalue weighted by Gasteiger charge is -2.32. The van der Waals surface area contributed by atoms with E-state index in [-0.39, 0.29) is 11.8 Å². The summed E-state index contributed by atoms with van der Waals surface area (Å²) in [6.45, 7) is 1.04. The third-order valence-electron chi connectivity index (χ3n) is 4.50. The fourth-order valence-electron chi connectivity index (χ4n) is 3.28. The molecule has 2 aromatic carbocycles. The second kappa shape index (κ2) is 7.01. The minimum atomic E-state index is -0.482. The number of hydrogen-bond acceptors (Lipinski definition) is 5. The predicted molar refractivity (Wildman–Crippen MR) is 101 cm³/mol. The first-order valence-corrected chi connectivity index (χ1v) is 9.38. The highest BCUT2D eigenvalue weighted by Crippen LogP contribution is 2.47. The number of likely N-dealkylation sites (N-methyl/N-ethyl adjacent to an activating group) is 1. The molecule has 0 bridgehead atoms. The van der Waals surface area contributed by atoms with E-state index < -0.39 is 6.04 Å². The molecule has 2 aromatic rings. The molecular formula is C19H20N4O2S. The third kappa shape index (κ3) is 3.27. The highest BCUT2D eigenvalue weighted by Gasteiger charge is 2.30. The molecule has 4 rings (SSSR count). The second-order valence-corrected chi connectivity index (χ2v) is 7.50. The Labute approximate surface area is 156 Å². The molecule has 134 valence electrons. The first kappa shape index (κ1) is 16.9. The Morgan fingerprint density at radius 2 is 1.77 bits per heavy atom. The Kier molecular flexibility index (Phi) is 4.57. The predicted octanol–water partition coefficient (Wildman–Crippen LogP) is 2.14. The second-order valence-electron chi connectivity index (χ2n) is 6.42. The molecule has 1 unspecified atom stereocenters. The van der Waals surface area contributed by atoms with Crippen molar-refractivity contribution in [2.75, 3.05) is 25.0 Å².